The summed E-state index contributed by atoms with van der Waals surface area (Å²) in [5, 5.41) is 0. The quantitative estimate of drug-likeness (QED) is 0.794. The molecule has 1 aliphatic rings. The molecule has 0 saturated carbocycles. The number of Topliss-reactive ketones (excluding diaryl/α,β-unsaturated/α-hetero) is 1. The van der Waals surface area contributed by atoms with Crippen LogP contribution in [0, 0.1) is 6.92 Å². The van der Waals surface area contributed by atoms with Crippen molar-refractivity contribution >= 4 is 27.5 Å². The van der Waals surface area contributed by atoms with Crippen LogP contribution in [0.4, 0.5) is 0 Å². The lowest BCUT2D eigenvalue weighted by molar-refractivity contribution is 0.0991. The molecule has 0 radical (unpaired) electrons. The van der Waals surface area contributed by atoms with Crippen LogP contribution >= 0.6 is 15.9 Å². The van der Waals surface area contributed by atoms with Crippen LogP contribution in [0.1, 0.15) is 26.3 Å². The zero-order valence-corrected chi connectivity index (χ0v) is 10.4. The number of benzene rings is 1. The predicted octanol–water partition coefficient (Wildman–Crippen LogP) is 2.66. The van der Waals surface area contributed by atoms with Crippen molar-refractivity contribution in [1.29, 1.82) is 0 Å². The number of carbonyl (C=O) groups excluding carboxylic acids is 2. The number of hydrogen-bond acceptors (Lipinski definition) is 3. The molecule has 0 amide bonds. The fourth-order valence-electron chi connectivity index (χ4n) is 1.76. The van der Waals surface area contributed by atoms with E-state index in [1.165, 1.54) is 13.2 Å². The van der Waals surface area contributed by atoms with Gasteiger partial charge in [0, 0.05) is 17.2 Å². The maximum atomic E-state index is 11.9. The molecular weight excluding hydrogens is 272 g/mol. The van der Waals surface area contributed by atoms with E-state index in [0.717, 1.165) is 5.56 Å². The third kappa shape index (κ3) is 1.59. The first kappa shape index (κ1) is 11.1. The van der Waals surface area contributed by atoms with Gasteiger partial charge in [0.05, 0.1) is 11.6 Å². The first-order chi connectivity index (χ1) is 7.54. The molecule has 0 aliphatic heterocycles. The van der Waals surface area contributed by atoms with Gasteiger partial charge in [0.2, 0.25) is 5.78 Å². The topological polar surface area (TPSA) is 43.4 Å². The molecule has 2 rings (SSSR count). The smallest absolute Gasteiger partial charge is 0.200 e. The van der Waals surface area contributed by atoms with Crippen molar-refractivity contribution in [3.8, 4) is 5.75 Å². The predicted molar refractivity (Wildman–Crippen MR) is 63.4 cm³/mol. The molecule has 1 aromatic carbocycles. The number of rotatable bonds is 1. The van der Waals surface area contributed by atoms with Gasteiger partial charge in [0.25, 0.3) is 0 Å². The van der Waals surface area contributed by atoms with Crippen molar-refractivity contribution in [2.75, 3.05) is 7.11 Å². The van der Waals surface area contributed by atoms with Crippen LogP contribution in [-0.4, -0.2) is 18.7 Å². The van der Waals surface area contributed by atoms with Gasteiger partial charge < -0.3 is 4.74 Å². The molecular formula is C12H9BrO3. The lowest BCUT2D eigenvalue weighted by Gasteiger charge is -2.15. The van der Waals surface area contributed by atoms with Crippen LogP contribution in [0.2, 0.25) is 0 Å². The first-order valence-corrected chi connectivity index (χ1v) is 5.48. The summed E-state index contributed by atoms with van der Waals surface area (Å²) < 4.78 is 5.37. The highest BCUT2D eigenvalue weighted by Crippen LogP contribution is 2.30. The summed E-state index contributed by atoms with van der Waals surface area (Å²) in [6.07, 6.45) is 1.31. The van der Waals surface area contributed by atoms with Gasteiger partial charge in [-0.1, -0.05) is 0 Å². The number of ether oxygens (including phenoxy) is 1. The second kappa shape index (κ2) is 3.87. The number of carbonyl (C=O) groups is 2. The van der Waals surface area contributed by atoms with Crippen molar-refractivity contribution in [1.82, 2.24) is 0 Å². The van der Waals surface area contributed by atoms with Crippen molar-refractivity contribution in [2.45, 2.75) is 6.92 Å². The second-order valence-electron chi connectivity index (χ2n) is 3.55. The molecule has 3 nitrogen and oxygen atoms in total. The van der Waals surface area contributed by atoms with E-state index < -0.39 is 0 Å². The largest absolute Gasteiger partial charge is 0.497 e. The number of allylic oxidation sites excluding steroid dienone is 2. The maximum Gasteiger partial charge on any atom is 0.200 e. The highest BCUT2D eigenvalue weighted by atomic mass is 79.9. The molecule has 0 saturated heterocycles. The lowest BCUT2D eigenvalue weighted by atomic mass is 9.91. The average molecular weight is 281 g/mol. The summed E-state index contributed by atoms with van der Waals surface area (Å²) in [6.45, 7) is 1.79. The summed E-state index contributed by atoms with van der Waals surface area (Å²) in [4.78, 5) is 23.6. The molecule has 0 aromatic heterocycles. The molecule has 0 N–H and O–H groups in total. The van der Waals surface area contributed by atoms with Crippen molar-refractivity contribution in [3.05, 3.63) is 39.4 Å². The Bertz CT molecular complexity index is 529. The summed E-state index contributed by atoms with van der Waals surface area (Å²) in [6, 6.07) is 3.34. The lowest BCUT2D eigenvalue weighted by Crippen LogP contribution is -2.16. The minimum absolute atomic E-state index is 0.151. The Hall–Kier alpha value is -1.42. The van der Waals surface area contributed by atoms with E-state index in [1.54, 1.807) is 19.1 Å². The highest BCUT2D eigenvalue weighted by Gasteiger charge is 2.26. The van der Waals surface area contributed by atoms with Gasteiger partial charge in [0.15, 0.2) is 5.78 Å². The Morgan fingerprint density at radius 1 is 1.25 bits per heavy atom. The normalized spacial score (nSPS) is 14.6. The molecule has 82 valence electrons. The number of methoxy groups -OCH3 is 1. The highest BCUT2D eigenvalue weighted by molar-refractivity contribution is 9.12. The summed E-state index contributed by atoms with van der Waals surface area (Å²) >= 11 is 3.08. The molecule has 0 spiro atoms. The molecule has 1 aliphatic carbocycles. The van der Waals surface area contributed by atoms with Crippen LogP contribution in [0.15, 0.2) is 22.7 Å². The van der Waals surface area contributed by atoms with Gasteiger partial charge in [-0.25, -0.2) is 0 Å². The Balaban J connectivity index is 2.72. The molecule has 0 heterocycles. The third-order valence-electron chi connectivity index (χ3n) is 2.51. The first-order valence-electron chi connectivity index (χ1n) is 4.69. The van der Waals surface area contributed by atoms with E-state index in [-0.39, 0.29) is 16.0 Å². The maximum absolute atomic E-state index is 11.9. The standard InChI is InChI=1S/C12H9BrO3/c1-6-3-7(16-2)4-8-11(6)10(14)5-9(13)12(8)15/h3-5H,1-2H3. The number of halogens is 1. The Labute approximate surface area is 101 Å². The van der Waals surface area contributed by atoms with Gasteiger partial charge >= 0.3 is 0 Å². The van der Waals surface area contributed by atoms with E-state index in [1.807, 2.05) is 0 Å². The van der Waals surface area contributed by atoms with Gasteiger partial charge in [-0.05, 0) is 40.5 Å². The Morgan fingerprint density at radius 3 is 2.56 bits per heavy atom. The van der Waals surface area contributed by atoms with Crippen LogP contribution in [-0.2, 0) is 0 Å². The van der Waals surface area contributed by atoms with E-state index >= 15 is 0 Å². The number of ketones is 2. The Morgan fingerprint density at radius 2 is 1.94 bits per heavy atom. The molecule has 0 fully saturated rings. The fourth-order valence-corrected chi connectivity index (χ4v) is 2.18. The zero-order chi connectivity index (χ0) is 11.9. The number of fused-ring (bicyclic) bond motifs is 1. The third-order valence-corrected chi connectivity index (χ3v) is 3.10. The fraction of sp³-hybridized carbons (Fsp3) is 0.167. The van der Waals surface area contributed by atoms with E-state index in [4.69, 9.17) is 4.74 Å². The molecule has 16 heavy (non-hydrogen) atoms. The minimum atomic E-state index is -0.184. The second-order valence-corrected chi connectivity index (χ2v) is 4.41. The molecule has 0 bridgehead atoms. The zero-order valence-electron chi connectivity index (χ0n) is 8.83. The monoisotopic (exact) mass is 280 g/mol. The van der Waals surface area contributed by atoms with Crippen LogP contribution < -0.4 is 4.74 Å². The molecule has 0 atom stereocenters. The van der Waals surface area contributed by atoms with Gasteiger partial charge in [0.1, 0.15) is 5.75 Å². The van der Waals surface area contributed by atoms with Crippen LogP contribution in [0.5, 0.6) is 5.75 Å². The average Bonchev–Trinajstić information content (AvgIpc) is 2.24. The SMILES string of the molecule is COc1cc(C)c2c(c1)C(=O)C(Br)=CC2=O. The van der Waals surface area contributed by atoms with Gasteiger partial charge in [-0.15, -0.1) is 0 Å². The summed E-state index contributed by atoms with van der Waals surface area (Å²) in [5.74, 6) is 0.248. The number of hydrogen-bond donors (Lipinski definition) is 0. The van der Waals surface area contributed by atoms with Crippen LogP contribution in [0.25, 0.3) is 0 Å². The van der Waals surface area contributed by atoms with E-state index in [2.05, 4.69) is 15.9 Å². The van der Waals surface area contributed by atoms with Gasteiger partial charge in [-0.2, -0.15) is 0 Å². The molecule has 4 heteroatoms. The van der Waals surface area contributed by atoms with Crippen molar-refractivity contribution in [3.63, 3.8) is 0 Å². The summed E-state index contributed by atoms with van der Waals surface area (Å²) in [7, 11) is 1.53. The molecule has 0 unspecified atom stereocenters. The van der Waals surface area contributed by atoms with Crippen LogP contribution in [0.3, 0.4) is 0 Å². The van der Waals surface area contributed by atoms with Gasteiger partial charge in [-0.3, -0.25) is 9.59 Å². The number of aryl methyl sites for hydroxylation is 1. The van der Waals surface area contributed by atoms with Crippen molar-refractivity contribution < 1.29 is 14.3 Å². The van der Waals surface area contributed by atoms with E-state index in [9.17, 15) is 9.59 Å². The summed E-state index contributed by atoms with van der Waals surface area (Å²) in [5.41, 5.74) is 1.62. The Kier molecular flexibility index (Phi) is 2.68. The van der Waals surface area contributed by atoms with E-state index in [0.29, 0.717) is 16.9 Å². The minimum Gasteiger partial charge on any atom is -0.497 e. The van der Waals surface area contributed by atoms with Crippen molar-refractivity contribution in [2.24, 2.45) is 0 Å². The molecule has 1 aromatic rings.